The van der Waals surface area contributed by atoms with Crippen LogP contribution < -0.4 is 0 Å². The Balaban J connectivity index is 1.89. The van der Waals surface area contributed by atoms with Crippen LogP contribution in [0.3, 0.4) is 0 Å². The number of fused-ring (bicyclic) bond motifs is 1. The zero-order chi connectivity index (χ0) is 11.5. The van der Waals surface area contributed by atoms with Gasteiger partial charge in [-0.05, 0) is 18.8 Å². The number of rotatable bonds is 0. The molecule has 1 saturated carbocycles. The third-order valence-electron chi connectivity index (χ3n) is 3.22. The summed E-state index contributed by atoms with van der Waals surface area (Å²) >= 11 is 0. The van der Waals surface area contributed by atoms with Crippen molar-refractivity contribution in [3.8, 4) is 11.8 Å². The van der Waals surface area contributed by atoms with Gasteiger partial charge in [0.05, 0.1) is 6.33 Å². The van der Waals surface area contributed by atoms with Crippen LogP contribution in [0.5, 0.6) is 0 Å². The largest absolute Gasteiger partial charge is 0.341 e. The maximum atomic E-state index is 4.21. The molecule has 0 aliphatic heterocycles. The van der Waals surface area contributed by atoms with Crippen molar-refractivity contribution in [3.05, 3.63) is 18.3 Å². The van der Waals surface area contributed by atoms with Gasteiger partial charge in [0.25, 0.3) is 0 Å². The predicted octanol–water partition coefficient (Wildman–Crippen LogP) is 2.28. The molecule has 2 aromatic heterocycles. The van der Waals surface area contributed by atoms with Gasteiger partial charge in [-0.3, -0.25) is 0 Å². The van der Waals surface area contributed by atoms with Crippen molar-refractivity contribution >= 4 is 11.2 Å². The van der Waals surface area contributed by atoms with Crippen molar-refractivity contribution in [1.82, 2.24) is 19.9 Å². The zero-order valence-corrected chi connectivity index (χ0v) is 9.61. The lowest BCUT2D eigenvalue weighted by Gasteiger charge is -2.15. The minimum atomic E-state index is 0.539. The molecule has 1 aliphatic rings. The Bertz CT molecular complexity index is 570. The van der Waals surface area contributed by atoms with E-state index in [2.05, 4.69) is 31.8 Å². The summed E-state index contributed by atoms with van der Waals surface area (Å²) in [4.78, 5) is 15.4. The summed E-state index contributed by atoms with van der Waals surface area (Å²) in [5, 5.41) is 0. The van der Waals surface area contributed by atoms with Crippen molar-refractivity contribution in [2.75, 3.05) is 0 Å². The second-order valence-corrected chi connectivity index (χ2v) is 4.43. The molecule has 4 heteroatoms. The Labute approximate surface area is 99.9 Å². The van der Waals surface area contributed by atoms with Gasteiger partial charge in [-0.2, -0.15) is 0 Å². The van der Waals surface area contributed by atoms with Gasteiger partial charge in [0, 0.05) is 5.92 Å². The Morgan fingerprint density at radius 1 is 1.12 bits per heavy atom. The van der Waals surface area contributed by atoms with Gasteiger partial charge in [0.2, 0.25) is 0 Å². The Kier molecular flexibility index (Phi) is 2.74. The molecule has 0 radical (unpaired) electrons. The molecule has 0 bridgehead atoms. The Morgan fingerprint density at radius 2 is 2.00 bits per heavy atom. The van der Waals surface area contributed by atoms with Crippen molar-refractivity contribution in [3.63, 3.8) is 0 Å². The standard InChI is InChI=1S/C13H14N4/c1-2-4-10(5-3-1)6-7-11-12-13(16-8-14-11)17-9-15-12/h8-10H,1-5H2,(H,14,15,16,17). The molecule has 0 amide bonds. The zero-order valence-electron chi connectivity index (χ0n) is 9.61. The molecular formula is C13H14N4. The highest BCUT2D eigenvalue weighted by Gasteiger charge is 2.10. The third-order valence-corrected chi connectivity index (χ3v) is 3.22. The molecule has 0 saturated heterocycles. The second-order valence-electron chi connectivity index (χ2n) is 4.43. The van der Waals surface area contributed by atoms with Crippen LogP contribution in [0.4, 0.5) is 0 Å². The number of H-pyrrole nitrogens is 1. The maximum absolute atomic E-state index is 4.21. The van der Waals surface area contributed by atoms with E-state index in [1.54, 1.807) is 6.33 Å². The van der Waals surface area contributed by atoms with E-state index < -0.39 is 0 Å². The first-order valence-electron chi connectivity index (χ1n) is 6.09. The predicted molar refractivity (Wildman–Crippen MR) is 65.1 cm³/mol. The maximum Gasteiger partial charge on any atom is 0.181 e. The highest BCUT2D eigenvalue weighted by molar-refractivity contribution is 5.75. The summed E-state index contributed by atoms with van der Waals surface area (Å²) in [5.41, 5.74) is 2.29. The number of hydrogen-bond donors (Lipinski definition) is 1. The van der Waals surface area contributed by atoms with Crippen LogP contribution in [0.15, 0.2) is 12.7 Å². The lowest BCUT2D eigenvalue weighted by molar-refractivity contribution is 0.430. The normalized spacial score (nSPS) is 16.7. The van der Waals surface area contributed by atoms with E-state index in [0.717, 1.165) is 11.2 Å². The van der Waals surface area contributed by atoms with Gasteiger partial charge in [-0.15, -0.1) is 0 Å². The molecule has 4 nitrogen and oxygen atoms in total. The molecule has 0 unspecified atom stereocenters. The minimum Gasteiger partial charge on any atom is -0.341 e. The molecular weight excluding hydrogens is 212 g/mol. The molecule has 86 valence electrons. The molecule has 2 heterocycles. The molecule has 0 aromatic carbocycles. The van der Waals surface area contributed by atoms with Gasteiger partial charge in [-0.25, -0.2) is 15.0 Å². The first kappa shape index (κ1) is 10.3. The van der Waals surface area contributed by atoms with Crippen LogP contribution in [0.2, 0.25) is 0 Å². The average Bonchev–Trinajstić information content (AvgIpc) is 2.86. The average molecular weight is 226 g/mol. The number of nitrogens with one attached hydrogen (secondary N) is 1. The molecule has 3 rings (SSSR count). The summed E-state index contributed by atoms with van der Waals surface area (Å²) in [6.07, 6.45) is 9.58. The van der Waals surface area contributed by atoms with Crippen LogP contribution >= 0.6 is 0 Å². The molecule has 1 N–H and O–H groups in total. The minimum absolute atomic E-state index is 0.539. The van der Waals surface area contributed by atoms with E-state index in [1.807, 2.05) is 0 Å². The molecule has 1 fully saturated rings. The quantitative estimate of drug-likeness (QED) is 0.701. The fraction of sp³-hybridized carbons (Fsp3) is 0.462. The van der Waals surface area contributed by atoms with E-state index in [0.29, 0.717) is 11.6 Å². The smallest absolute Gasteiger partial charge is 0.181 e. The van der Waals surface area contributed by atoms with Crippen molar-refractivity contribution in [1.29, 1.82) is 0 Å². The first-order valence-corrected chi connectivity index (χ1v) is 6.09. The lowest BCUT2D eigenvalue weighted by atomic mass is 9.90. The SMILES string of the molecule is C(#CC1CCCCC1)c1ncnc2nc[nH]c12. The van der Waals surface area contributed by atoms with E-state index in [-0.39, 0.29) is 0 Å². The molecule has 0 atom stereocenters. The van der Waals surface area contributed by atoms with E-state index in [9.17, 15) is 0 Å². The second kappa shape index (κ2) is 4.54. The molecule has 1 aliphatic carbocycles. The number of aromatic amines is 1. The van der Waals surface area contributed by atoms with Gasteiger partial charge in [0.1, 0.15) is 17.5 Å². The number of hydrogen-bond acceptors (Lipinski definition) is 3. The van der Waals surface area contributed by atoms with E-state index in [4.69, 9.17) is 0 Å². The monoisotopic (exact) mass is 226 g/mol. The van der Waals surface area contributed by atoms with Crippen molar-refractivity contribution in [2.24, 2.45) is 5.92 Å². The molecule has 17 heavy (non-hydrogen) atoms. The van der Waals surface area contributed by atoms with Crippen LogP contribution in [0, 0.1) is 17.8 Å². The highest BCUT2D eigenvalue weighted by atomic mass is 15.0. The molecule has 0 spiro atoms. The van der Waals surface area contributed by atoms with E-state index >= 15 is 0 Å². The fourth-order valence-electron chi connectivity index (χ4n) is 2.28. The summed E-state index contributed by atoms with van der Waals surface area (Å²) in [6, 6.07) is 0. The summed E-state index contributed by atoms with van der Waals surface area (Å²) in [5.74, 6) is 7.04. The van der Waals surface area contributed by atoms with E-state index in [1.165, 1.54) is 38.4 Å². The lowest BCUT2D eigenvalue weighted by Crippen LogP contribution is -2.03. The summed E-state index contributed by atoms with van der Waals surface area (Å²) < 4.78 is 0. The van der Waals surface area contributed by atoms with Crippen LogP contribution in [0.1, 0.15) is 37.8 Å². The van der Waals surface area contributed by atoms with Gasteiger partial charge >= 0.3 is 0 Å². The topological polar surface area (TPSA) is 54.5 Å². The van der Waals surface area contributed by atoms with Crippen molar-refractivity contribution < 1.29 is 0 Å². The number of imidazole rings is 1. The van der Waals surface area contributed by atoms with Gasteiger partial charge < -0.3 is 4.98 Å². The highest BCUT2D eigenvalue weighted by Crippen LogP contribution is 2.22. The Morgan fingerprint density at radius 3 is 2.88 bits per heavy atom. The fourth-order valence-corrected chi connectivity index (χ4v) is 2.28. The van der Waals surface area contributed by atoms with Crippen LogP contribution in [-0.2, 0) is 0 Å². The van der Waals surface area contributed by atoms with Crippen LogP contribution in [-0.4, -0.2) is 19.9 Å². The number of nitrogens with zero attached hydrogens (tertiary/aromatic N) is 3. The van der Waals surface area contributed by atoms with Crippen molar-refractivity contribution in [2.45, 2.75) is 32.1 Å². The first-order chi connectivity index (χ1) is 8.43. The molecule has 2 aromatic rings. The Hall–Kier alpha value is -1.89. The number of aromatic nitrogens is 4. The van der Waals surface area contributed by atoms with Gasteiger partial charge in [-0.1, -0.05) is 25.2 Å². The third kappa shape index (κ3) is 2.14. The summed E-state index contributed by atoms with van der Waals surface area (Å²) in [6.45, 7) is 0. The van der Waals surface area contributed by atoms with Gasteiger partial charge in [0.15, 0.2) is 5.65 Å². The van der Waals surface area contributed by atoms with Crippen LogP contribution in [0.25, 0.3) is 11.2 Å². The summed E-state index contributed by atoms with van der Waals surface area (Å²) in [7, 11) is 0.